The lowest BCUT2D eigenvalue weighted by Gasteiger charge is -2.08. The van der Waals surface area contributed by atoms with Gasteiger partial charge in [0, 0.05) is 24.4 Å². The lowest BCUT2D eigenvalue weighted by Crippen LogP contribution is -2.02. The van der Waals surface area contributed by atoms with Crippen LogP contribution in [0.4, 0.5) is 23.2 Å². The normalized spacial score (nSPS) is 10.6. The van der Waals surface area contributed by atoms with Crippen LogP contribution in [0.15, 0.2) is 30.3 Å². The van der Waals surface area contributed by atoms with Gasteiger partial charge in [-0.1, -0.05) is 17.7 Å². The summed E-state index contributed by atoms with van der Waals surface area (Å²) in [5.74, 6) is -4.69. The molecule has 0 spiro atoms. The first kappa shape index (κ1) is 13.7. The molecule has 0 amide bonds. The van der Waals surface area contributed by atoms with Crippen molar-refractivity contribution in [3.8, 4) is 0 Å². The summed E-state index contributed by atoms with van der Waals surface area (Å²) < 4.78 is 51.8. The molecule has 0 heterocycles. The van der Waals surface area contributed by atoms with Gasteiger partial charge in [-0.25, -0.2) is 17.6 Å². The van der Waals surface area contributed by atoms with E-state index in [1.807, 2.05) is 0 Å². The second-order valence-corrected chi connectivity index (χ2v) is 4.26. The number of rotatable bonds is 3. The lowest BCUT2D eigenvalue weighted by molar-refractivity contribution is 0.447. The molecule has 0 atom stereocenters. The molecule has 0 bridgehead atoms. The monoisotopic (exact) mass is 289 g/mol. The van der Waals surface area contributed by atoms with Crippen molar-refractivity contribution in [3.05, 3.63) is 64.2 Å². The van der Waals surface area contributed by atoms with E-state index in [2.05, 4.69) is 5.32 Å². The Morgan fingerprint density at radius 2 is 1.53 bits per heavy atom. The topological polar surface area (TPSA) is 12.0 Å². The quantitative estimate of drug-likeness (QED) is 0.647. The van der Waals surface area contributed by atoms with Crippen LogP contribution in [0.2, 0.25) is 5.02 Å². The first-order valence-electron chi connectivity index (χ1n) is 5.29. The number of hydrogen-bond acceptors (Lipinski definition) is 1. The summed E-state index contributed by atoms with van der Waals surface area (Å²) >= 11 is 5.52. The van der Waals surface area contributed by atoms with E-state index in [-0.39, 0.29) is 17.3 Å². The van der Waals surface area contributed by atoms with Gasteiger partial charge in [-0.05, 0) is 17.7 Å². The van der Waals surface area contributed by atoms with Crippen molar-refractivity contribution >= 4 is 17.3 Å². The molecule has 1 nitrogen and oxygen atoms in total. The smallest absolute Gasteiger partial charge is 0.194 e. The van der Waals surface area contributed by atoms with E-state index < -0.39 is 23.3 Å². The molecule has 0 aliphatic carbocycles. The molecule has 19 heavy (non-hydrogen) atoms. The number of anilines is 1. The predicted molar refractivity (Wildman–Crippen MR) is 65.1 cm³/mol. The summed E-state index contributed by atoms with van der Waals surface area (Å²) in [6.45, 7) is 0.124. The van der Waals surface area contributed by atoms with E-state index in [9.17, 15) is 17.6 Å². The molecule has 0 unspecified atom stereocenters. The van der Waals surface area contributed by atoms with E-state index in [0.717, 1.165) is 12.1 Å². The first-order valence-corrected chi connectivity index (χ1v) is 5.67. The Morgan fingerprint density at radius 1 is 0.895 bits per heavy atom. The Balaban J connectivity index is 2.12. The average molecular weight is 290 g/mol. The van der Waals surface area contributed by atoms with Crippen LogP contribution < -0.4 is 5.32 Å². The number of halogens is 5. The zero-order chi connectivity index (χ0) is 14.0. The minimum Gasteiger partial charge on any atom is -0.381 e. The highest BCUT2D eigenvalue weighted by Crippen LogP contribution is 2.19. The van der Waals surface area contributed by atoms with Crippen molar-refractivity contribution in [2.75, 3.05) is 5.32 Å². The van der Waals surface area contributed by atoms with E-state index in [1.165, 1.54) is 12.1 Å². The Kier molecular flexibility index (Phi) is 3.95. The third-order valence-corrected chi connectivity index (χ3v) is 2.77. The summed E-state index contributed by atoms with van der Waals surface area (Å²) in [6.07, 6.45) is 0. The molecule has 1 N–H and O–H groups in total. The van der Waals surface area contributed by atoms with Gasteiger partial charge in [0.2, 0.25) is 0 Å². The molecule has 0 fully saturated rings. The van der Waals surface area contributed by atoms with E-state index >= 15 is 0 Å². The summed E-state index contributed by atoms with van der Waals surface area (Å²) in [4.78, 5) is 0. The summed E-state index contributed by atoms with van der Waals surface area (Å²) in [5.41, 5.74) is 0.596. The fourth-order valence-corrected chi connectivity index (χ4v) is 1.63. The van der Waals surface area contributed by atoms with Crippen LogP contribution >= 0.6 is 11.6 Å². The van der Waals surface area contributed by atoms with Gasteiger partial charge in [0.15, 0.2) is 17.5 Å². The molecular weight excluding hydrogens is 282 g/mol. The van der Waals surface area contributed by atoms with Crippen LogP contribution in [0.1, 0.15) is 5.56 Å². The third kappa shape index (κ3) is 3.17. The van der Waals surface area contributed by atoms with Crippen molar-refractivity contribution in [2.45, 2.75) is 6.54 Å². The fraction of sp³-hybridized carbons (Fsp3) is 0.0769. The maximum absolute atomic E-state index is 13.2. The largest absolute Gasteiger partial charge is 0.381 e. The third-order valence-electron chi connectivity index (χ3n) is 2.46. The van der Waals surface area contributed by atoms with Gasteiger partial charge in [-0.2, -0.15) is 0 Å². The predicted octanol–water partition coefficient (Wildman–Crippen LogP) is 4.51. The molecule has 2 aromatic carbocycles. The van der Waals surface area contributed by atoms with Gasteiger partial charge >= 0.3 is 0 Å². The van der Waals surface area contributed by atoms with Gasteiger partial charge in [-0.15, -0.1) is 0 Å². The van der Waals surface area contributed by atoms with Gasteiger partial charge < -0.3 is 5.32 Å². The van der Waals surface area contributed by atoms with Crippen LogP contribution in [-0.2, 0) is 6.54 Å². The summed E-state index contributed by atoms with van der Waals surface area (Å²) in [7, 11) is 0. The second kappa shape index (κ2) is 5.48. The molecule has 0 aliphatic heterocycles. The Morgan fingerprint density at radius 3 is 2.11 bits per heavy atom. The van der Waals surface area contributed by atoms with Crippen molar-refractivity contribution < 1.29 is 17.6 Å². The zero-order valence-electron chi connectivity index (χ0n) is 9.48. The Labute approximate surface area is 111 Å². The lowest BCUT2D eigenvalue weighted by atomic mass is 10.2. The van der Waals surface area contributed by atoms with Crippen molar-refractivity contribution in [1.29, 1.82) is 0 Å². The number of hydrogen-bond donors (Lipinski definition) is 1. The summed E-state index contributed by atoms with van der Waals surface area (Å²) in [5, 5.41) is 2.65. The average Bonchev–Trinajstić information content (AvgIpc) is 2.37. The van der Waals surface area contributed by atoms with Gasteiger partial charge in [-0.3, -0.25) is 0 Å². The highest BCUT2D eigenvalue weighted by Gasteiger charge is 2.10. The van der Waals surface area contributed by atoms with Crippen molar-refractivity contribution in [3.63, 3.8) is 0 Å². The molecule has 0 radical (unpaired) electrons. The van der Waals surface area contributed by atoms with Crippen LogP contribution in [0.3, 0.4) is 0 Å². The zero-order valence-corrected chi connectivity index (χ0v) is 10.2. The van der Waals surface area contributed by atoms with Crippen LogP contribution in [-0.4, -0.2) is 0 Å². The number of benzene rings is 2. The van der Waals surface area contributed by atoms with Crippen LogP contribution in [0.5, 0.6) is 0 Å². The second-order valence-electron chi connectivity index (χ2n) is 3.86. The van der Waals surface area contributed by atoms with E-state index in [4.69, 9.17) is 11.6 Å². The van der Waals surface area contributed by atoms with E-state index in [0.29, 0.717) is 5.56 Å². The summed E-state index contributed by atoms with van der Waals surface area (Å²) in [6, 6.07) is 5.79. The standard InChI is InChI=1S/C13H8ClF4N/c14-9-2-1-7(3-10(9)15)6-19-8-4-11(16)13(18)12(17)5-8/h1-5,19H,6H2. The molecule has 2 aromatic rings. The molecule has 0 aliphatic rings. The molecule has 0 aromatic heterocycles. The molecular formula is C13H8ClF4N. The molecule has 6 heteroatoms. The SMILES string of the molecule is Fc1cc(CNc2cc(F)c(F)c(F)c2)ccc1Cl. The maximum atomic E-state index is 13.2. The molecule has 0 saturated heterocycles. The van der Waals surface area contributed by atoms with Crippen LogP contribution in [0, 0.1) is 23.3 Å². The molecule has 2 rings (SSSR count). The highest BCUT2D eigenvalue weighted by atomic mass is 35.5. The number of nitrogens with one attached hydrogen (secondary N) is 1. The molecule has 100 valence electrons. The fourth-order valence-electron chi connectivity index (χ4n) is 1.51. The highest BCUT2D eigenvalue weighted by molar-refractivity contribution is 6.30. The Hall–Kier alpha value is -1.75. The van der Waals surface area contributed by atoms with Gasteiger partial charge in [0.1, 0.15) is 5.82 Å². The van der Waals surface area contributed by atoms with Crippen molar-refractivity contribution in [1.82, 2.24) is 0 Å². The van der Waals surface area contributed by atoms with Gasteiger partial charge in [0.25, 0.3) is 0 Å². The minimum atomic E-state index is -1.52. The van der Waals surface area contributed by atoms with Crippen molar-refractivity contribution in [2.24, 2.45) is 0 Å². The Bertz CT molecular complexity index is 593. The minimum absolute atomic E-state index is 0.0115. The molecule has 0 saturated carbocycles. The maximum Gasteiger partial charge on any atom is 0.194 e. The van der Waals surface area contributed by atoms with Gasteiger partial charge in [0.05, 0.1) is 5.02 Å². The van der Waals surface area contributed by atoms with E-state index in [1.54, 1.807) is 6.07 Å². The first-order chi connectivity index (χ1) is 8.97. The van der Waals surface area contributed by atoms with Crippen LogP contribution in [0.25, 0.3) is 0 Å².